The second-order valence-corrected chi connectivity index (χ2v) is 5.02. The molecule has 0 saturated carbocycles. The van der Waals surface area contributed by atoms with Gasteiger partial charge in [0, 0.05) is 5.69 Å². The molecule has 0 spiro atoms. The molecule has 0 bridgehead atoms. The van der Waals surface area contributed by atoms with Gasteiger partial charge in [-0.05, 0) is 30.3 Å². The Morgan fingerprint density at radius 1 is 1.00 bits per heavy atom. The molecule has 1 heterocycles. The fraction of sp³-hybridized carbons (Fsp3) is 0. The topological polar surface area (TPSA) is 92.9 Å². The summed E-state index contributed by atoms with van der Waals surface area (Å²) < 4.78 is 34.4. The second-order valence-electron chi connectivity index (χ2n) is 3.60. The Morgan fingerprint density at radius 3 is 2.00 bits per heavy atom. The lowest BCUT2D eigenvalue weighted by Gasteiger charge is -1.96. The van der Waals surface area contributed by atoms with Gasteiger partial charge >= 0.3 is 0 Å². The number of benzene rings is 2. The van der Waals surface area contributed by atoms with Crippen LogP contribution in [0.5, 0.6) is 11.5 Å². The van der Waals surface area contributed by atoms with Crippen LogP contribution in [0.25, 0.3) is 0 Å². The van der Waals surface area contributed by atoms with Crippen molar-refractivity contribution in [3.8, 4) is 11.5 Å². The van der Waals surface area contributed by atoms with E-state index in [1.54, 1.807) is 0 Å². The van der Waals surface area contributed by atoms with Gasteiger partial charge in [0.1, 0.15) is 0 Å². The zero-order valence-electron chi connectivity index (χ0n) is 9.28. The van der Waals surface area contributed by atoms with E-state index in [0.717, 1.165) is 11.5 Å². The maximum atomic E-state index is 10.5. The minimum atomic E-state index is -4.11. The third kappa shape index (κ3) is 3.22. The van der Waals surface area contributed by atoms with Crippen LogP contribution in [-0.2, 0) is 10.1 Å². The molecular weight excluding hydrogens is 254 g/mol. The second kappa shape index (κ2) is 4.67. The number of hydrogen-bond donors (Lipinski definition) is 2. The average Bonchev–Trinajstić information content (AvgIpc) is 3.07. The predicted molar refractivity (Wildman–Crippen MR) is 67.2 cm³/mol. The number of para-hydroxylation sites is 2. The molecule has 3 rings (SSSR count). The van der Waals surface area contributed by atoms with Gasteiger partial charge in [0.25, 0.3) is 10.1 Å². The van der Waals surface area contributed by atoms with Crippen molar-refractivity contribution >= 4 is 15.8 Å². The Labute approximate surface area is 105 Å². The van der Waals surface area contributed by atoms with E-state index in [4.69, 9.17) is 15.0 Å². The van der Waals surface area contributed by atoms with E-state index in [2.05, 4.69) is 0 Å². The molecule has 1 aliphatic heterocycles. The van der Waals surface area contributed by atoms with Gasteiger partial charge in [-0.15, -0.1) is 0 Å². The molecule has 0 fully saturated rings. The van der Waals surface area contributed by atoms with Gasteiger partial charge in [-0.1, -0.05) is 18.2 Å². The van der Waals surface area contributed by atoms with E-state index in [1.807, 2.05) is 24.3 Å². The van der Waals surface area contributed by atoms with Crippen LogP contribution in [0.4, 0.5) is 5.69 Å². The first-order valence-corrected chi connectivity index (χ1v) is 6.51. The van der Waals surface area contributed by atoms with E-state index < -0.39 is 10.1 Å². The maximum absolute atomic E-state index is 10.5. The number of nitrogen functional groups attached to an aromatic ring is 1. The number of anilines is 1. The number of hydrogen-bond acceptors (Lipinski definition) is 4. The summed E-state index contributed by atoms with van der Waals surface area (Å²) in [4.78, 5) is -0.183. The molecule has 0 aliphatic carbocycles. The summed E-state index contributed by atoms with van der Waals surface area (Å²) in [7, 11) is -4.11. The van der Waals surface area contributed by atoms with Crippen LogP contribution in [0.1, 0.15) is 0 Å². The van der Waals surface area contributed by atoms with Gasteiger partial charge in [0.2, 0.25) is 0 Å². The third-order valence-electron chi connectivity index (χ3n) is 2.18. The highest BCUT2D eigenvalue weighted by Gasteiger charge is 2.15. The van der Waals surface area contributed by atoms with Crippen molar-refractivity contribution in [2.24, 2.45) is 0 Å². The molecule has 2 aromatic carbocycles. The van der Waals surface area contributed by atoms with E-state index in [-0.39, 0.29) is 4.90 Å². The standard InChI is InChI=1S/C6H7NO3S.C6H4O/c7-5-2-1-3-6(4-5)11(8,9)10;1-2-4-6-5(3-1)7-6/h1-4H,7H2,(H,8,9,10);1-4H. The van der Waals surface area contributed by atoms with Gasteiger partial charge in [0.15, 0.2) is 11.5 Å². The number of ether oxygens (including phenoxy) is 1. The summed E-state index contributed by atoms with van der Waals surface area (Å²) in [6.45, 7) is 0. The first-order valence-electron chi connectivity index (χ1n) is 5.07. The van der Waals surface area contributed by atoms with Crippen molar-refractivity contribution in [2.75, 3.05) is 5.73 Å². The molecule has 0 saturated heterocycles. The normalized spacial score (nSPS) is 11.6. The van der Waals surface area contributed by atoms with E-state index >= 15 is 0 Å². The van der Waals surface area contributed by atoms with Crippen molar-refractivity contribution in [1.29, 1.82) is 0 Å². The van der Waals surface area contributed by atoms with Crippen LogP contribution in [0, 0.1) is 0 Å². The van der Waals surface area contributed by atoms with Crippen molar-refractivity contribution in [2.45, 2.75) is 4.90 Å². The molecule has 0 atom stereocenters. The highest BCUT2D eigenvalue weighted by molar-refractivity contribution is 7.85. The molecule has 1 aliphatic rings. The van der Waals surface area contributed by atoms with Crippen LogP contribution in [0.2, 0.25) is 0 Å². The predicted octanol–water partition coefficient (Wildman–Crippen LogP) is 2.31. The molecule has 0 aromatic heterocycles. The van der Waals surface area contributed by atoms with Gasteiger partial charge in [0.05, 0.1) is 4.90 Å². The summed E-state index contributed by atoms with van der Waals surface area (Å²) in [5.74, 6) is 2.06. The molecule has 2 aromatic rings. The zero-order chi connectivity index (χ0) is 13.2. The fourth-order valence-corrected chi connectivity index (χ4v) is 1.82. The number of rotatable bonds is 1. The highest BCUT2D eigenvalue weighted by atomic mass is 32.2. The van der Waals surface area contributed by atoms with Crippen molar-refractivity contribution in [3.63, 3.8) is 0 Å². The van der Waals surface area contributed by atoms with Crippen LogP contribution in [-0.4, -0.2) is 13.0 Å². The lowest BCUT2D eigenvalue weighted by molar-refractivity contribution is 0.483. The molecule has 3 N–H and O–H groups in total. The Kier molecular flexibility index (Phi) is 3.22. The first kappa shape index (κ1) is 12.4. The summed E-state index contributed by atoms with van der Waals surface area (Å²) in [6, 6.07) is 13.3. The smallest absolute Gasteiger partial charge is 0.294 e. The molecule has 6 heteroatoms. The van der Waals surface area contributed by atoms with Crippen LogP contribution in [0.15, 0.2) is 53.4 Å². The van der Waals surface area contributed by atoms with Crippen LogP contribution >= 0.6 is 0 Å². The summed E-state index contributed by atoms with van der Waals surface area (Å²) in [5.41, 5.74) is 5.59. The Hall–Kier alpha value is -2.05. The van der Waals surface area contributed by atoms with Crippen molar-refractivity contribution < 1.29 is 17.7 Å². The minimum absolute atomic E-state index is 0.183. The largest absolute Gasteiger partial charge is 0.450 e. The zero-order valence-corrected chi connectivity index (χ0v) is 10.1. The monoisotopic (exact) mass is 265 g/mol. The highest BCUT2D eigenvalue weighted by Crippen LogP contribution is 2.43. The fourth-order valence-electron chi connectivity index (χ4n) is 1.29. The summed E-state index contributed by atoms with van der Waals surface area (Å²) in [5, 5.41) is 0. The minimum Gasteiger partial charge on any atom is -0.450 e. The molecule has 94 valence electrons. The van der Waals surface area contributed by atoms with Gasteiger partial charge in [-0.3, -0.25) is 4.55 Å². The molecule has 0 unspecified atom stereocenters. The van der Waals surface area contributed by atoms with Crippen LogP contribution in [0.3, 0.4) is 0 Å². The maximum Gasteiger partial charge on any atom is 0.294 e. The summed E-state index contributed by atoms with van der Waals surface area (Å²) >= 11 is 0. The quantitative estimate of drug-likeness (QED) is 0.400. The molecule has 5 nitrogen and oxygen atoms in total. The van der Waals surface area contributed by atoms with E-state index in [0.29, 0.717) is 5.69 Å². The van der Waals surface area contributed by atoms with Gasteiger partial charge in [-0.25, -0.2) is 0 Å². The number of fused-ring (bicyclic) bond motifs is 1. The van der Waals surface area contributed by atoms with E-state index in [1.165, 1.54) is 24.3 Å². The SMILES string of the molecule is Nc1cccc(S(=O)(=O)O)c1.c1ccc2c(c1)O2. The molecular formula is C12H11NO4S. The third-order valence-corrected chi connectivity index (χ3v) is 3.03. The van der Waals surface area contributed by atoms with Gasteiger partial charge < -0.3 is 10.5 Å². The number of nitrogens with two attached hydrogens (primary N) is 1. The van der Waals surface area contributed by atoms with Crippen molar-refractivity contribution in [3.05, 3.63) is 48.5 Å². The van der Waals surface area contributed by atoms with Crippen LogP contribution < -0.4 is 10.5 Å². The average molecular weight is 265 g/mol. The van der Waals surface area contributed by atoms with Crippen molar-refractivity contribution in [1.82, 2.24) is 0 Å². The lowest BCUT2D eigenvalue weighted by Crippen LogP contribution is -1.98. The van der Waals surface area contributed by atoms with E-state index in [9.17, 15) is 8.42 Å². The first-order chi connectivity index (χ1) is 8.47. The Balaban J connectivity index is 0.000000146. The Bertz CT molecular complexity index is 646. The van der Waals surface area contributed by atoms with Gasteiger partial charge in [-0.2, -0.15) is 8.42 Å². The molecule has 18 heavy (non-hydrogen) atoms. The molecule has 0 amide bonds. The Morgan fingerprint density at radius 2 is 1.61 bits per heavy atom. The molecule has 0 radical (unpaired) electrons. The summed E-state index contributed by atoms with van der Waals surface area (Å²) in [6.07, 6.45) is 0. The lowest BCUT2D eigenvalue weighted by atomic mass is 10.3.